The third-order valence-corrected chi connectivity index (χ3v) is 3.81. The quantitative estimate of drug-likeness (QED) is 0.938. The van der Waals surface area contributed by atoms with Crippen molar-refractivity contribution in [3.8, 4) is 0 Å². The Morgan fingerprint density at radius 2 is 1.95 bits per heavy atom. The molecule has 110 valence electrons. The highest BCUT2D eigenvalue weighted by Crippen LogP contribution is 2.25. The maximum Gasteiger partial charge on any atom is 0.256 e. The molecule has 1 amide bonds. The number of nitrogens with zero attached hydrogens (tertiary/aromatic N) is 2. The molecule has 0 saturated carbocycles. The van der Waals surface area contributed by atoms with Crippen molar-refractivity contribution in [1.82, 2.24) is 9.88 Å². The Morgan fingerprint density at radius 1 is 1.29 bits per heavy atom. The number of pyridine rings is 1. The van der Waals surface area contributed by atoms with E-state index in [1.165, 1.54) is 0 Å². The Labute approximate surface area is 129 Å². The maximum atomic E-state index is 12.7. The standard InChI is InChI=1S/C16H18ClN3O/c1-11(12-6-8-19-9-7-12)20(3)16(21)14-10-13(17)4-5-15(14)18-2/h4-11,18H,1-3H3. The van der Waals surface area contributed by atoms with Gasteiger partial charge in [0, 0.05) is 37.2 Å². The average molecular weight is 304 g/mol. The van der Waals surface area contributed by atoms with Crippen LogP contribution in [0.2, 0.25) is 5.02 Å². The van der Waals surface area contributed by atoms with Gasteiger partial charge in [0.05, 0.1) is 11.6 Å². The topological polar surface area (TPSA) is 45.2 Å². The van der Waals surface area contributed by atoms with Crippen molar-refractivity contribution in [1.29, 1.82) is 0 Å². The third-order valence-electron chi connectivity index (χ3n) is 3.57. The summed E-state index contributed by atoms with van der Waals surface area (Å²) in [4.78, 5) is 18.4. The Morgan fingerprint density at radius 3 is 2.57 bits per heavy atom. The van der Waals surface area contributed by atoms with Gasteiger partial charge in [0.25, 0.3) is 5.91 Å². The van der Waals surface area contributed by atoms with Gasteiger partial charge in [-0.1, -0.05) is 11.6 Å². The van der Waals surface area contributed by atoms with Crippen molar-refractivity contribution in [2.75, 3.05) is 19.4 Å². The fraction of sp³-hybridized carbons (Fsp3) is 0.250. The molecule has 1 aromatic heterocycles. The summed E-state index contributed by atoms with van der Waals surface area (Å²) in [5, 5.41) is 3.56. The molecule has 2 rings (SSSR count). The highest BCUT2D eigenvalue weighted by Gasteiger charge is 2.21. The summed E-state index contributed by atoms with van der Waals surface area (Å²) in [7, 11) is 3.57. The minimum Gasteiger partial charge on any atom is -0.387 e. The maximum absolute atomic E-state index is 12.7. The number of hydrogen-bond acceptors (Lipinski definition) is 3. The van der Waals surface area contributed by atoms with Crippen molar-refractivity contribution < 1.29 is 4.79 Å². The molecule has 0 aliphatic rings. The Bertz CT molecular complexity index is 631. The summed E-state index contributed by atoms with van der Waals surface area (Å²) in [5.74, 6) is -0.0776. The van der Waals surface area contributed by atoms with Gasteiger partial charge in [-0.25, -0.2) is 0 Å². The lowest BCUT2D eigenvalue weighted by Crippen LogP contribution is -2.30. The van der Waals surface area contributed by atoms with Gasteiger partial charge in [-0.3, -0.25) is 9.78 Å². The van der Waals surface area contributed by atoms with Gasteiger partial charge in [0.15, 0.2) is 0 Å². The Hall–Kier alpha value is -2.07. The first-order chi connectivity index (χ1) is 10.0. The molecule has 0 aliphatic heterocycles. The summed E-state index contributed by atoms with van der Waals surface area (Å²) in [6, 6.07) is 9.02. The molecule has 5 heteroatoms. The number of halogens is 1. The monoisotopic (exact) mass is 303 g/mol. The number of carbonyl (C=O) groups excluding carboxylic acids is 1. The lowest BCUT2D eigenvalue weighted by molar-refractivity contribution is 0.0743. The molecular weight excluding hydrogens is 286 g/mol. The number of benzene rings is 1. The van der Waals surface area contributed by atoms with E-state index in [0.717, 1.165) is 11.3 Å². The average Bonchev–Trinajstić information content (AvgIpc) is 2.53. The number of rotatable bonds is 4. The molecule has 4 nitrogen and oxygen atoms in total. The van der Waals surface area contributed by atoms with Crippen LogP contribution in [0.25, 0.3) is 0 Å². The number of anilines is 1. The van der Waals surface area contributed by atoms with Crippen molar-refractivity contribution >= 4 is 23.2 Å². The second-order valence-corrected chi connectivity index (χ2v) is 5.25. The van der Waals surface area contributed by atoms with Crippen molar-refractivity contribution in [2.24, 2.45) is 0 Å². The molecule has 1 atom stereocenters. The summed E-state index contributed by atoms with van der Waals surface area (Å²) < 4.78 is 0. The van der Waals surface area contributed by atoms with Crippen molar-refractivity contribution in [3.05, 3.63) is 58.9 Å². The molecule has 0 spiro atoms. The predicted octanol–water partition coefficient (Wildman–Crippen LogP) is 3.61. The summed E-state index contributed by atoms with van der Waals surface area (Å²) in [5.41, 5.74) is 2.36. The molecule has 2 aromatic rings. The molecule has 0 aliphatic carbocycles. The largest absolute Gasteiger partial charge is 0.387 e. The van der Waals surface area contributed by atoms with E-state index >= 15 is 0 Å². The van der Waals surface area contributed by atoms with Crippen LogP contribution in [0, 0.1) is 0 Å². The highest BCUT2D eigenvalue weighted by molar-refractivity contribution is 6.31. The van der Waals surface area contributed by atoms with Crippen LogP contribution in [0.3, 0.4) is 0 Å². The van der Waals surface area contributed by atoms with E-state index in [4.69, 9.17) is 11.6 Å². The smallest absolute Gasteiger partial charge is 0.256 e. The van der Waals surface area contributed by atoms with E-state index in [0.29, 0.717) is 10.6 Å². The molecule has 1 aromatic carbocycles. The predicted molar refractivity (Wildman–Crippen MR) is 85.7 cm³/mol. The lowest BCUT2D eigenvalue weighted by atomic mass is 10.1. The van der Waals surface area contributed by atoms with Crippen LogP contribution in [0.1, 0.15) is 28.9 Å². The van der Waals surface area contributed by atoms with E-state index < -0.39 is 0 Å². The number of carbonyl (C=O) groups is 1. The van der Waals surface area contributed by atoms with E-state index in [1.54, 1.807) is 49.6 Å². The summed E-state index contributed by atoms with van der Waals surface area (Å²) >= 11 is 6.01. The second kappa shape index (κ2) is 6.59. The first-order valence-electron chi connectivity index (χ1n) is 6.69. The van der Waals surface area contributed by atoms with Crippen LogP contribution in [-0.2, 0) is 0 Å². The Kier molecular flexibility index (Phi) is 4.81. The minimum absolute atomic E-state index is 0.0517. The SMILES string of the molecule is CNc1ccc(Cl)cc1C(=O)N(C)C(C)c1ccncc1. The normalized spacial score (nSPS) is 11.8. The van der Waals surface area contributed by atoms with Crippen LogP contribution in [-0.4, -0.2) is 29.9 Å². The number of hydrogen-bond donors (Lipinski definition) is 1. The second-order valence-electron chi connectivity index (χ2n) is 4.81. The van der Waals surface area contributed by atoms with E-state index in [1.807, 2.05) is 19.1 Å². The lowest BCUT2D eigenvalue weighted by Gasteiger charge is -2.26. The fourth-order valence-electron chi connectivity index (χ4n) is 2.14. The van der Waals surface area contributed by atoms with Gasteiger partial charge >= 0.3 is 0 Å². The van der Waals surface area contributed by atoms with Crippen molar-refractivity contribution in [2.45, 2.75) is 13.0 Å². The molecule has 0 saturated heterocycles. The first-order valence-corrected chi connectivity index (χ1v) is 7.06. The molecule has 1 N–H and O–H groups in total. The number of aromatic nitrogens is 1. The van der Waals surface area contributed by atoms with Crippen molar-refractivity contribution in [3.63, 3.8) is 0 Å². The number of nitrogens with one attached hydrogen (secondary N) is 1. The van der Waals surface area contributed by atoms with E-state index in [2.05, 4.69) is 10.3 Å². The molecule has 0 fully saturated rings. The van der Waals surface area contributed by atoms with Gasteiger partial charge in [0.1, 0.15) is 0 Å². The van der Waals surface area contributed by atoms with Gasteiger partial charge < -0.3 is 10.2 Å². The molecule has 21 heavy (non-hydrogen) atoms. The third kappa shape index (κ3) is 3.34. The first kappa shape index (κ1) is 15.3. The Balaban J connectivity index is 2.29. The van der Waals surface area contributed by atoms with Crippen LogP contribution in [0.15, 0.2) is 42.7 Å². The zero-order valence-corrected chi connectivity index (χ0v) is 13.1. The van der Waals surface area contributed by atoms with Crippen LogP contribution < -0.4 is 5.32 Å². The van der Waals surface area contributed by atoms with E-state index in [9.17, 15) is 4.79 Å². The minimum atomic E-state index is -0.0776. The summed E-state index contributed by atoms with van der Waals surface area (Å²) in [6.07, 6.45) is 3.45. The molecule has 1 unspecified atom stereocenters. The van der Waals surface area contributed by atoms with Gasteiger partial charge in [-0.2, -0.15) is 0 Å². The molecular formula is C16H18ClN3O. The van der Waals surface area contributed by atoms with Crippen LogP contribution >= 0.6 is 11.6 Å². The summed E-state index contributed by atoms with van der Waals surface area (Å²) in [6.45, 7) is 1.98. The van der Waals surface area contributed by atoms with E-state index in [-0.39, 0.29) is 11.9 Å². The fourth-order valence-corrected chi connectivity index (χ4v) is 2.31. The number of amides is 1. The van der Waals surface area contributed by atoms with Crippen LogP contribution in [0.5, 0.6) is 0 Å². The molecule has 1 heterocycles. The van der Waals surface area contributed by atoms with Gasteiger partial charge in [0.2, 0.25) is 0 Å². The highest BCUT2D eigenvalue weighted by atomic mass is 35.5. The zero-order chi connectivity index (χ0) is 15.4. The zero-order valence-electron chi connectivity index (χ0n) is 12.3. The van der Waals surface area contributed by atoms with Gasteiger partial charge in [-0.15, -0.1) is 0 Å². The van der Waals surface area contributed by atoms with Gasteiger partial charge in [-0.05, 0) is 42.8 Å². The molecule has 0 radical (unpaired) electrons. The molecule has 0 bridgehead atoms. The van der Waals surface area contributed by atoms with Crippen LogP contribution in [0.4, 0.5) is 5.69 Å².